The Balaban J connectivity index is 2.41. The Hall–Kier alpha value is -0.980. The second-order valence-electron chi connectivity index (χ2n) is 2.25. The number of ether oxygens (including phenoxy) is 1. The summed E-state index contributed by atoms with van der Waals surface area (Å²) in [5.74, 6) is 5.94. The third-order valence-corrected chi connectivity index (χ3v) is 1.86. The molecular weight excluding hydrogens is 232 g/mol. The minimum Gasteiger partial charge on any atom is -0.481 e. The maximum absolute atomic E-state index is 8.36. The van der Waals surface area contributed by atoms with E-state index in [0.29, 0.717) is 6.61 Å². The van der Waals surface area contributed by atoms with Crippen LogP contribution in [0.15, 0.2) is 28.7 Å². The topological polar surface area (TPSA) is 29.5 Å². The van der Waals surface area contributed by atoms with Crippen LogP contribution in [0.2, 0.25) is 0 Å². The summed E-state index contributed by atoms with van der Waals surface area (Å²) in [5.41, 5.74) is 0. The van der Waals surface area contributed by atoms with Crippen molar-refractivity contribution in [3.8, 4) is 17.6 Å². The highest BCUT2D eigenvalue weighted by molar-refractivity contribution is 9.10. The molecule has 0 amide bonds. The predicted molar refractivity (Wildman–Crippen MR) is 54.5 cm³/mol. The number of benzene rings is 1. The molecule has 0 aromatic heterocycles. The predicted octanol–water partition coefficient (Wildman–Crippen LogP) is 1.82. The molecule has 0 heterocycles. The Morgan fingerprint density at radius 3 is 2.54 bits per heavy atom. The van der Waals surface area contributed by atoms with Crippen molar-refractivity contribution in [1.29, 1.82) is 0 Å². The van der Waals surface area contributed by atoms with Crippen molar-refractivity contribution >= 4 is 15.9 Å². The Morgan fingerprint density at radius 1 is 1.23 bits per heavy atom. The number of hydrogen-bond donors (Lipinski definition) is 1. The van der Waals surface area contributed by atoms with Gasteiger partial charge in [0, 0.05) is 4.47 Å². The van der Waals surface area contributed by atoms with Crippen molar-refractivity contribution in [2.45, 2.75) is 0 Å². The Bertz CT molecular complexity index is 308. The van der Waals surface area contributed by atoms with Crippen LogP contribution in [0, 0.1) is 11.8 Å². The minimum absolute atomic E-state index is 0.121. The summed E-state index contributed by atoms with van der Waals surface area (Å²) in [6, 6.07) is 7.50. The van der Waals surface area contributed by atoms with Gasteiger partial charge in [-0.15, -0.1) is 0 Å². The number of aliphatic hydroxyl groups is 1. The van der Waals surface area contributed by atoms with Crippen LogP contribution in [0.25, 0.3) is 0 Å². The summed E-state index contributed by atoms with van der Waals surface area (Å²) in [6.07, 6.45) is 0. The van der Waals surface area contributed by atoms with E-state index in [-0.39, 0.29) is 6.61 Å². The van der Waals surface area contributed by atoms with Gasteiger partial charge in [-0.25, -0.2) is 0 Å². The quantitative estimate of drug-likeness (QED) is 0.800. The summed E-state index contributed by atoms with van der Waals surface area (Å²) in [4.78, 5) is 0. The molecule has 0 spiro atoms. The normalized spacial score (nSPS) is 8.77. The molecule has 0 aliphatic heterocycles. The number of rotatable bonds is 2. The summed E-state index contributed by atoms with van der Waals surface area (Å²) in [6.45, 7) is 0.186. The van der Waals surface area contributed by atoms with E-state index >= 15 is 0 Å². The van der Waals surface area contributed by atoms with E-state index in [1.165, 1.54) is 0 Å². The van der Waals surface area contributed by atoms with Crippen LogP contribution in [0.5, 0.6) is 5.75 Å². The third kappa shape index (κ3) is 3.97. The van der Waals surface area contributed by atoms with Crippen molar-refractivity contribution in [2.24, 2.45) is 0 Å². The average molecular weight is 241 g/mol. The Kier molecular flexibility index (Phi) is 4.37. The lowest BCUT2D eigenvalue weighted by Gasteiger charge is -2.00. The number of halogens is 1. The monoisotopic (exact) mass is 240 g/mol. The molecule has 0 saturated heterocycles. The zero-order valence-corrected chi connectivity index (χ0v) is 8.54. The van der Waals surface area contributed by atoms with Crippen LogP contribution < -0.4 is 4.74 Å². The van der Waals surface area contributed by atoms with Crippen molar-refractivity contribution in [3.05, 3.63) is 28.7 Å². The molecule has 0 bridgehead atoms. The summed E-state index contributed by atoms with van der Waals surface area (Å²) < 4.78 is 6.27. The minimum atomic E-state index is -0.121. The van der Waals surface area contributed by atoms with Gasteiger partial charge in [0.05, 0.1) is 0 Å². The fourth-order valence-electron chi connectivity index (χ4n) is 0.757. The smallest absolute Gasteiger partial charge is 0.149 e. The average Bonchev–Trinajstić information content (AvgIpc) is 2.15. The molecule has 0 unspecified atom stereocenters. The molecule has 2 nitrogen and oxygen atoms in total. The highest BCUT2D eigenvalue weighted by Crippen LogP contribution is 2.15. The lowest BCUT2D eigenvalue weighted by Crippen LogP contribution is -1.93. The third-order valence-electron chi connectivity index (χ3n) is 1.33. The van der Waals surface area contributed by atoms with Gasteiger partial charge in [0.1, 0.15) is 19.0 Å². The second-order valence-corrected chi connectivity index (χ2v) is 3.17. The second kappa shape index (κ2) is 5.63. The van der Waals surface area contributed by atoms with Gasteiger partial charge in [-0.1, -0.05) is 27.8 Å². The Labute approximate surface area is 85.7 Å². The van der Waals surface area contributed by atoms with E-state index in [9.17, 15) is 0 Å². The molecule has 1 aromatic carbocycles. The van der Waals surface area contributed by atoms with Gasteiger partial charge in [0.25, 0.3) is 0 Å². The summed E-state index contributed by atoms with van der Waals surface area (Å²) in [7, 11) is 0. The maximum Gasteiger partial charge on any atom is 0.149 e. The van der Waals surface area contributed by atoms with E-state index < -0.39 is 0 Å². The molecule has 0 fully saturated rings. The molecule has 0 radical (unpaired) electrons. The first kappa shape index (κ1) is 10.1. The van der Waals surface area contributed by atoms with Crippen molar-refractivity contribution in [3.63, 3.8) is 0 Å². The molecule has 3 heteroatoms. The Morgan fingerprint density at radius 2 is 1.92 bits per heavy atom. The van der Waals surface area contributed by atoms with Crippen LogP contribution >= 0.6 is 15.9 Å². The fraction of sp³-hybridized carbons (Fsp3) is 0.200. The molecule has 13 heavy (non-hydrogen) atoms. The standard InChI is InChI=1S/C10H9BrO2/c11-9-3-5-10(6-4-9)13-8-2-1-7-12/h3-6,12H,7-8H2. The molecule has 0 atom stereocenters. The van der Waals surface area contributed by atoms with Gasteiger partial charge in [-0.3, -0.25) is 0 Å². The molecular formula is C10H9BrO2. The van der Waals surface area contributed by atoms with Gasteiger partial charge >= 0.3 is 0 Å². The van der Waals surface area contributed by atoms with E-state index in [1.54, 1.807) is 0 Å². The van der Waals surface area contributed by atoms with Crippen molar-refractivity contribution in [1.82, 2.24) is 0 Å². The summed E-state index contributed by atoms with van der Waals surface area (Å²) in [5, 5.41) is 8.36. The highest BCUT2D eigenvalue weighted by Gasteiger charge is 1.90. The van der Waals surface area contributed by atoms with Gasteiger partial charge in [-0.05, 0) is 24.3 Å². The molecule has 1 rings (SSSR count). The van der Waals surface area contributed by atoms with Crippen LogP contribution in [-0.4, -0.2) is 18.3 Å². The number of aliphatic hydroxyl groups excluding tert-OH is 1. The fourth-order valence-corrected chi connectivity index (χ4v) is 1.02. The maximum atomic E-state index is 8.36. The van der Waals surface area contributed by atoms with Gasteiger partial charge in [-0.2, -0.15) is 0 Å². The zero-order valence-electron chi connectivity index (χ0n) is 6.96. The molecule has 0 saturated carbocycles. The van der Waals surface area contributed by atoms with E-state index in [2.05, 4.69) is 27.8 Å². The first-order chi connectivity index (χ1) is 6.33. The molecule has 1 N–H and O–H groups in total. The molecule has 0 aliphatic carbocycles. The largest absolute Gasteiger partial charge is 0.481 e. The van der Waals surface area contributed by atoms with Gasteiger partial charge in [0.15, 0.2) is 0 Å². The molecule has 1 aromatic rings. The molecule has 0 aliphatic rings. The summed E-state index contributed by atoms with van der Waals surface area (Å²) >= 11 is 3.32. The van der Waals surface area contributed by atoms with E-state index in [1.807, 2.05) is 24.3 Å². The number of hydrogen-bond acceptors (Lipinski definition) is 2. The lowest BCUT2D eigenvalue weighted by atomic mass is 10.3. The van der Waals surface area contributed by atoms with Crippen LogP contribution in [0.4, 0.5) is 0 Å². The van der Waals surface area contributed by atoms with Crippen LogP contribution in [0.1, 0.15) is 0 Å². The first-order valence-electron chi connectivity index (χ1n) is 3.78. The van der Waals surface area contributed by atoms with E-state index in [4.69, 9.17) is 9.84 Å². The van der Waals surface area contributed by atoms with Crippen molar-refractivity contribution in [2.75, 3.05) is 13.2 Å². The highest BCUT2D eigenvalue weighted by atomic mass is 79.9. The van der Waals surface area contributed by atoms with Gasteiger partial charge in [0.2, 0.25) is 0 Å². The molecule has 68 valence electrons. The zero-order chi connectivity index (χ0) is 9.52. The first-order valence-corrected chi connectivity index (χ1v) is 4.57. The van der Waals surface area contributed by atoms with Crippen molar-refractivity contribution < 1.29 is 9.84 Å². The SMILES string of the molecule is OCC#CCOc1ccc(Br)cc1. The van der Waals surface area contributed by atoms with Gasteiger partial charge < -0.3 is 9.84 Å². The van der Waals surface area contributed by atoms with E-state index in [0.717, 1.165) is 10.2 Å². The lowest BCUT2D eigenvalue weighted by molar-refractivity contribution is 0.347. The van der Waals surface area contributed by atoms with Crippen LogP contribution in [0.3, 0.4) is 0 Å². The van der Waals surface area contributed by atoms with Crippen LogP contribution in [-0.2, 0) is 0 Å².